The van der Waals surface area contributed by atoms with Crippen LogP contribution in [0.25, 0.3) is 6.08 Å². The van der Waals surface area contributed by atoms with Crippen molar-refractivity contribution in [3.63, 3.8) is 0 Å². The highest BCUT2D eigenvalue weighted by Gasteiger charge is 2.21. The van der Waals surface area contributed by atoms with Gasteiger partial charge in [-0.1, -0.05) is 29.8 Å². The fraction of sp³-hybridized carbons (Fsp3) is 0.375. The van der Waals surface area contributed by atoms with Gasteiger partial charge >= 0.3 is 0 Å². The topological polar surface area (TPSA) is 48.0 Å². The molecule has 1 amide bonds. The highest BCUT2D eigenvalue weighted by molar-refractivity contribution is 6.32. The van der Waals surface area contributed by atoms with Crippen LogP contribution in [0.15, 0.2) is 48.5 Å². The Kier molecular flexibility index (Phi) is 8.17. The molecular formula is C24H28ClNO4. The maximum absolute atomic E-state index is 12.5. The number of carbonyl (C=O) groups is 1. The molecular weight excluding hydrogens is 402 g/mol. The van der Waals surface area contributed by atoms with Gasteiger partial charge in [-0.25, -0.2) is 0 Å². The van der Waals surface area contributed by atoms with Gasteiger partial charge < -0.3 is 19.1 Å². The van der Waals surface area contributed by atoms with Crippen molar-refractivity contribution in [2.75, 3.05) is 33.9 Å². The van der Waals surface area contributed by atoms with Gasteiger partial charge in [0.1, 0.15) is 11.5 Å². The van der Waals surface area contributed by atoms with Crippen LogP contribution in [-0.4, -0.2) is 44.7 Å². The van der Waals surface area contributed by atoms with E-state index in [2.05, 4.69) is 0 Å². The van der Waals surface area contributed by atoms with Crippen molar-refractivity contribution in [1.82, 2.24) is 4.90 Å². The summed E-state index contributed by atoms with van der Waals surface area (Å²) >= 11 is 6.14. The highest BCUT2D eigenvalue weighted by atomic mass is 35.5. The zero-order chi connectivity index (χ0) is 21.3. The molecule has 30 heavy (non-hydrogen) atoms. The molecule has 1 heterocycles. The van der Waals surface area contributed by atoms with E-state index in [1.807, 2.05) is 47.4 Å². The summed E-state index contributed by atoms with van der Waals surface area (Å²) in [7, 11) is 3.27. The normalized spacial score (nSPS) is 14.8. The summed E-state index contributed by atoms with van der Waals surface area (Å²) < 4.78 is 16.5. The van der Waals surface area contributed by atoms with Crippen LogP contribution < -0.4 is 9.47 Å². The number of halogens is 1. The smallest absolute Gasteiger partial charge is 0.246 e. The number of hydrogen-bond donors (Lipinski definition) is 0. The van der Waals surface area contributed by atoms with Crippen LogP contribution in [0.4, 0.5) is 0 Å². The van der Waals surface area contributed by atoms with Crippen molar-refractivity contribution in [2.24, 2.45) is 5.92 Å². The quantitative estimate of drug-likeness (QED) is 0.564. The minimum Gasteiger partial charge on any atom is -0.497 e. The second-order valence-electron chi connectivity index (χ2n) is 7.36. The molecule has 6 heteroatoms. The summed E-state index contributed by atoms with van der Waals surface area (Å²) in [5.41, 5.74) is 1.87. The molecule has 2 aromatic rings. The van der Waals surface area contributed by atoms with Crippen LogP contribution in [0.2, 0.25) is 5.02 Å². The van der Waals surface area contributed by atoms with Crippen molar-refractivity contribution in [2.45, 2.75) is 19.4 Å². The lowest BCUT2D eigenvalue weighted by molar-refractivity contribution is -0.127. The summed E-state index contributed by atoms with van der Waals surface area (Å²) in [5, 5.41) is 0.645. The van der Waals surface area contributed by atoms with E-state index < -0.39 is 0 Å². The van der Waals surface area contributed by atoms with Crippen LogP contribution in [0, 0.1) is 5.92 Å². The molecule has 1 fully saturated rings. The summed E-state index contributed by atoms with van der Waals surface area (Å²) in [6, 6.07) is 13.2. The average molecular weight is 430 g/mol. The molecule has 3 rings (SSSR count). The van der Waals surface area contributed by atoms with Crippen molar-refractivity contribution in [3.8, 4) is 11.5 Å². The SMILES string of the molecule is COc1cc(COCC2CCN(C(=O)C=Cc3ccccc3Cl)CC2)cc(OC)c1. The number of rotatable bonds is 8. The minimum atomic E-state index is 0.0257. The number of benzene rings is 2. The maximum atomic E-state index is 12.5. The molecule has 0 bridgehead atoms. The van der Waals surface area contributed by atoms with Gasteiger partial charge in [0.15, 0.2) is 0 Å². The summed E-state index contributed by atoms with van der Waals surface area (Å²) in [4.78, 5) is 14.3. The number of hydrogen-bond acceptors (Lipinski definition) is 4. The number of likely N-dealkylation sites (tertiary alicyclic amines) is 1. The molecule has 1 aliphatic heterocycles. The number of piperidine rings is 1. The number of ether oxygens (including phenoxy) is 3. The fourth-order valence-electron chi connectivity index (χ4n) is 3.49. The Labute approximate surface area is 183 Å². The van der Waals surface area contributed by atoms with Crippen molar-refractivity contribution < 1.29 is 19.0 Å². The lowest BCUT2D eigenvalue weighted by Gasteiger charge is -2.31. The van der Waals surface area contributed by atoms with Gasteiger partial charge in [0, 0.05) is 36.9 Å². The van der Waals surface area contributed by atoms with Gasteiger partial charge in [-0.05, 0) is 54.2 Å². The molecule has 0 N–H and O–H groups in total. The maximum Gasteiger partial charge on any atom is 0.246 e. The van der Waals surface area contributed by atoms with Crippen LogP contribution in [0.5, 0.6) is 11.5 Å². The van der Waals surface area contributed by atoms with Gasteiger partial charge in [-0.2, -0.15) is 0 Å². The summed E-state index contributed by atoms with van der Waals surface area (Å²) in [6.07, 6.45) is 5.26. The average Bonchev–Trinajstić information content (AvgIpc) is 2.78. The molecule has 1 saturated heterocycles. The largest absolute Gasteiger partial charge is 0.497 e. The monoisotopic (exact) mass is 429 g/mol. The first-order valence-corrected chi connectivity index (χ1v) is 10.5. The molecule has 2 aromatic carbocycles. The predicted molar refractivity (Wildman–Crippen MR) is 119 cm³/mol. The Morgan fingerprint density at radius 1 is 1.10 bits per heavy atom. The van der Waals surface area contributed by atoms with E-state index in [4.69, 9.17) is 25.8 Å². The standard InChI is InChI=1S/C24H28ClNO4/c1-28-21-13-19(14-22(15-21)29-2)17-30-16-18-9-11-26(12-10-18)24(27)8-7-20-5-3-4-6-23(20)25/h3-8,13-15,18H,9-12,16-17H2,1-2H3. The third-order valence-corrected chi connectivity index (χ3v) is 5.61. The highest BCUT2D eigenvalue weighted by Crippen LogP contribution is 2.24. The van der Waals surface area contributed by atoms with Crippen molar-refractivity contribution in [3.05, 3.63) is 64.7 Å². The van der Waals surface area contributed by atoms with E-state index in [-0.39, 0.29) is 5.91 Å². The number of methoxy groups -OCH3 is 2. The molecule has 0 atom stereocenters. The molecule has 0 aromatic heterocycles. The van der Waals surface area contributed by atoms with Gasteiger partial charge in [-0.15, -0.1) is 0 Å². The zero-order valence-electron chi connectivity index (χ0n) is 17.5. The second kappa shape index (κ2) is 11.0. The van der Waals surface area contributed by atoms with E-state index >= 15 is 0 Å². The molecule has 160 valence electrons. The number of nitrogens with zero attached hydrogens (tertiary/aromatic N) is 1. The van der Waals surface area contributed by atoms with E-state index in [1.54, 1.807) is 26.4 Å². The van der Waals surface area contributed by atoms with Crippen LogP contribution in [-0.2, 0) is 16.1 Å². The second-order valence-corrected chi connectivity index (χ2v) is 7.77. The molecule has 0 radical (unpaired) electrons. The van der Waals surface area contributed by atoms with E-state index in [9.17, 15) is 4.79 Å². The molecule has 1 aliphatic rings. The molecule has 0 aliphatic carbocycles. The zero-order valence-corrected chi connectivity index (χ0v) is 18.2. The summed E-state index contributed by atoms with van der Waals surface area (Å²) in [6.45, 7) is 2.67. The lowest BCUT2D eigenvalue weighted by atomic mass is 9.97. The van der Waals surface area contributed by atoms with Gasteiger partial charge in [0.2, 0.25) is 5.91 Å². The molecule has 0 unspecified atom stereocenters. The minimum absolute atomic E-state index is 0.0257. The Morgan fingerprint density at radius 3 is 2.40 bits per heavy atom. The Hall–Kier alpha value is -2.50. The molecule has 0 spiro atoms. The first-order chi connectivity index (χ1) is 14.6. The van der Waals surface area contributed by atoms with Crippen LogP contribution >= 0.6 is 11.6 Å². The Morgan fingerprint density at radius 2 is 1.77 bits per heavy atom. The predicted octanol–water partition coefficient (Wildman–Crippen LogP) is 4.83. The third-order valence-electron chi connectivity index (χ3n) is 5.27. The number of amides is 1. The Balaban J connectivity index is 1.42. The molecule has 5 nitrogen and oxygen atoms in total. The van der Waals surface area contributed by atoms with Crippen molar-refractivity contribution >= 4 is 23.6 Å². The van der Waals surface area contributed by atoms with E-state index in [1.165, 1.54) is 0 Å². The van der Waals surface area contributed by atoms with Crippen LogP contribution in [0.1, 0.15) is 24.0 Å². The molecule has 0 saturated carbocycles. The van der Waals surface area contributed by atoms with E-state index in [0.717, 1.165) is 48.6 Å². The van der Waals surface area contributed by atoms with Crippen LogP contribution in [0.3, 0.4) is 0 Å². The first-order valence-electron chi connectivity index (χ1n) is 10.1. The fourth-order valence-corrected chi connectivity index (χ4v) is 3.69. The van der Waals surface area contributed by atoms with Gasteiger partial charge in [0.25, 0.3) is 0 Å². The lowest BCUT2D eigenvalue weighted by Crippen LogP contribution is -2.38. The summed E-state index contributed by atoms with van der Waals surface area (Å²) in [5.74, 6) is 1.99. The van der Waals surface area contributed by atoms with Gasteiger partial charge in [0.05, 0.1) is 20.8 Å². The third kappa shape index (κ3) is 6.25. The van der Waals surface area contributed by atoms with Gasteiger partial charge in [-0.3, -0.25) is 4.79 Å². The van der Waals surface area contributed by atoms with E-state index in [0.29, 0.717) is 24.2 Å². The Bertz CT molecular complexity index is 853. The first kappa shape index (κ1) is 22.2. The van der Waals surface area contributed by atoms with Crippen molar-refractivity contribution in [1.29, 1.82) is 0 Å². The number of carbonyl (C=O) groups excluding carboxylic acids is 1.